The Morgan fingerprint density at radius 3 is 2.76 bits per heavy atom. The van der Waals surface area contributed by atoms with E-state index in [1.807, 2.05) is 0 Å². The van der Waals surface area contributed by atoms with Crippen molar-refractivity contribution >= 4 is 27.6 Å². The summed E-state index contributed by atoms with van der Waals surface area (Å²) in [6.45, 7) is 1.80. The highest BCUT2D eigenvalue weighted by Crippen LogP contribution is 2.28. The monoisotopic (exact) mass is 296 g/mol. The normalized spacial score (nSPS) is 11.6. The maximum atomic E-state index is 11.1. The van der Waals surface area contributed by atoms with Gasteiger partial charge in [0.25, 0.3) is 0 Å². The van der Waals surface area contributed by atoms with Gasteiger partial charge in [-0.05, 0) is 34.5 Å². The highest BCUT2D eigenvalue weighted by atomic mass is 79.9. The van der Waals surface area contributed by atoms with Crippen molar-refractivity contribution in [3.63, 3.8) is 0 Å². The van der Waals surface area contributed by atoms with E-state index < -0.39 is 12.0 Å². The summed E-state index contributed by atoms with van der Waals surface area (Å²) in [7, 11) is 1.69. The van der Waals surface area contributed by atoms with E-state index in [0.717, 1.165) is 0 Å². The molecule has 0 radical (unpaired) electrons. The lowest BCUT2D eigenvalue weighted by Crippen LogP contribution is -2.38. The maximum Gasteiger partial charge on any atom is 0.326 e. The topological polar surface area (TPSA) is 64.3 Å². The van der Waals surface area contributed by atoms with Crippen LogP contribution in [0, 0.1) is 11.3 Å². The number of carboxylic acids is 1. The number of aliphatic carboxylic acids is 1. The van der Waals surface area contributed by atoms with Gasteiger partial charge in [-0.1, -0.05) is 13.0 Å². The third-order valence-corrected chi connectivity index (χ3v) is 3.28. The van der Waals surface area contributed by atoms with Crippen LogP contribution in [0.15, 0.2) is 22.7 Å². The minimum Gasteiger partial charge on any atom is -0.480 e. The molecule has 0 heterocycles. The molecule has 0 amide bonds. The summed E-state index contributed by atoms with van der Waals surface area (Å²) in [4.78, 5) is 12.7. The number of nitriles is 1. The first kappa shape index (κ1) is 13.5. The molecule has 0 aliphatic heterocycles. The second-order valence-corrected chi connectivity index (χ2v) is 4.47. The lowest BCUT2D eigenvalue weighted by atomic mass is 10.1. The van der Waals surface area contributed by atoms with E-state index in [-0.39, 0.29) is 0 Å². The van der Waals surface area contributed by atoms with Gasteiger partial charge in [-0.3, -0.25) is 0 Å². The number of hydrogen-bond acceptors (Lipinski definition) is 3. The number of anilines is 1. The van der Waals surface area contributed by atoms with Crippen molar-refractivity contribution in [2.45, 2.75) is 19.4 Å². The van der Waals surface area contributed by atoms with E-state index >= 15 is 0 Å². The molecule has 1 atom stereocenters. The van der Waals surface area contributed by atoms with Crippen molar-refractivity contribution < 1.29 is 9.90 Å². The van der Waals surface area contributed by atoms with Crippen LogP contribution in [0.2, 0.25) is 0 Å². The van der Waals surface area contributed by atoms with Crippen LogP contribution in [-0.2, 0) is 4.79 Å². The van der Waals surface area contributed by atoms with Crippen LogP contribution in [0.5, 0.6) is 0 Å². The molecule has 0 bridgehead atoms. The van der Waals surface area contributed by atoms with Gasteiger partial charge in [-0.15, -0.1) is 0 Å². The molecule has 0 aromatic heterocycles. The minimum atomic E-state index is -0.890. The number of nitrogens with zero attached hydrogens (tertiary/aromatic N) is 2. The third kappa shape index (κ3) is 2.77. The van der Waals surface area contributed by atoms with E-state index in [0.29, 0.717) is 22.1 Å². The summed E-state index contributed by atoms with van der Waals surface area (Å²) in [5.41, 5.74) is 1.07. The van der Waals surface area contributed by atoms with Crippen LogP contribution in [0.4, 0.5) is 5.69 Å². The van der Waals surface area contributed by atoms with Gasteiger partial charge in [0.1, 0.15) is 12.1 Å². The summed E-state index contributed by atoms with van der Waals surface area (Å²) in [6, 6.07) is 6.74. The minimum absolute atomic E-state index is 0.453. The zero-order valence-electron chi connectivity index (χ0n) is 9.64. The number of benzene rings is 1. The van der Waals surface area contributed by atoms with Crippen molar-refractivity contribution in [1.82, 2.24) is 0 Å². The van der Waals surface area contributed by atoms with Crippen LogP contribution < -0.4 is 4.90 Å². The van der Waals surface area contributed by atoms with Crippen LogP contribution in [-0.4, -0.2) is 24.2 Å². The summed E-state index contributed by atoms with van der Waals surface area (Å²) < 4.78 is 0.671. The van der Waals surface area contributed by atoms with Crippen molar-refractivity contribution in [1.29, 1.82) is 5.26 Å². The molecule has 0 aliphatic rings. The Kier molecular flexibility index (Phi) is 4.53. The molecule has 0 aliphatic carbocycles. The molecule has 5 heteroatoms. The Morgan fingerprint density at radius 1 is 1.65 bits per heavy atom. The van der Waals surface area contributed by atoms with Gasteiger partial charge >= 0.3 is 5.97 Å². The highest BCUT2D eigenvalue weighted by Gasteiger charge is 2.23. The molecule has 1 N–H and O–H groups in total. The molecular weight excluding hydrogens is 284 g/mol. The van der Waals surface area contributed by atoms with Gasteiger partial charge in [0.05, 0.1) is 11.3 Å². The Hall–Kier alpha value is -1.54. The van der Waals surface area contributed by atoms with Crippen LogP contribution in [0.25, 0.3) is 0 Å². The van der Waals surface area contributed by atoms with E-state index in [1.54, 1.807) is 37.1 Å². The fraction of sp³-hybridized carbons (Fsp3) is 0.333. The quantitative estimate of drug-likeness (QED) is 0.928. The molecule has 0 saturated carbocycles. The van der Waals surface area contributed by atoms with Crippen LogP contribution in [0.3, 0.4) is 0 Å². The second-order valence-electron chi connectivity index (χ2n) is 3.62. The Morgan fingerprint density at radius 2 is 2.29 bits per heavy atom. The number of carbonyl (C=O) groups is 1. The summed E-state index contributed by atoms with van der Waals surface area (Å²) >= 11 is 3.29. The van der Waals surface area contributed by atoms with Gasteiger partial charge in [0.15, 0.2) is 0 Å². The smallest absolute Gasteiger partial charge is 0.326 e. The molecule has 1 rings (SSSR count). The largest absolute Gasteiger partial charge is 0.480 e. The van der Waals surface area contributed by atoms with Crippen molar-refractivity contribution in [3.8, 4) is 6.07 Å². The second kappa shape index (κ2) is 5.69. The molecule has 90 valence electrons. The first-order valence-corrected chi connectivity index (χ1v) is 5.96. The predicted octanol–water partition coefficient (Wildman–Crippen LogP) is 2.62. The molecule has 17 heavy (non-hydrogen) atoms. The average molecular weight is 297 g/mol. The summed E-state index contributed by atoms with van der Waals surface area (Å²) in [5, 5.41) is 18.2. The molecule has 4 nitrogen and oxygen atoms in total. The summed E-state index contributed by atoms with van der Waals surface area (Å²) in [5.74, 6) is -0.890. The number of carboxylic acid groups (broad SMARTS) is 1. The van der Waals surface area contributed by atoms with Crippen LogP contribution >= 0.6 is 15.9 Å². The predicted molar refractivity (Wildman–Crippen MR) is 69.0 cm³/mol. The fourth-order valence-corrected chi connectivity index (χ4v) is 2.14. The molecule has 0 spiro atoms. The third-order valence-electron chi connectivity index (χ3n) is 2.62. The van der Waals surface area contributed by atoms with Crippen molar-refractivity contribution in [3.05, 3.63) is 28.2 Å². The van der Waals surface area contributed by atoms with Gasteiger partial charge in [-0.2, -0.15) is 5.26 Å². The number of halogens is 1. The Balaban J connectivity index is 3.21. The van der Waals surface area contributed by atoms with Crippen molar-refractivity contribution in [2.24, 2.45) is 0 Å². The molecule has 1 aromatic rings. The zero-order chi connectivity index (χ0) is 13.0. The molecule has 1 aromatic carbocycles. The first-order valence-electron chi connectivity index (χ1n) is 5.17. The molecule has 0 saturated heterocycles. The maximum absolute atomic E-state index is 11.1. The summed E-state index contributed by atoms with van der Waals surface area (Å²) in [6.07, 6.45) is 0.475. The SMILES string of the molecule is CCC(C(=O)O)N(C)c1cccc(Br)c1C#N. The fourth-order valence-electron chi connectivity index (χ4n) is 1.70. The lowest BCUT2D eigenvalue weighted by molar-refractivity contribution is -0.138. The van der Waals surface area contributed by atoms with E-state index in [1.165, 1.54) is 0 Å². The number of rotatable bonds is 4. The Labute approximate surface area is 109 Å². The Bertz CT molecular complexity index is 468. The average Bonchev–Trinajstić information content (AvgIpc) is 2.28. The van der Waals surface area contributed by atoms with Gasteiger partial charge in [-0.25, -0.2) is 4.79 Å². The lowest BCUT2D eigenvalue weighted by Gasteiger charge is -2.26. The molecule has 1 unspecified atom stereocenters. The highest BCUT2D eigenvalue weighted by molar-refractivity contribution is 9.10. The first-order chi connectivity index (χ1) is 8.02. The van der Waals surface area contributed by atoms with E-state index in [4.69, 9.17) is 10.4 Å². The van der Waals surface area contributed by atoms with Crippen molar-refractivity contribution in [2.75, 3.05) is 11.9 Å². The van der Waals surface area contributed by atoms with E-state index in [2.05, 4.69) is 22.0 Å². The standard InChI is InChI=1S/C12H13BrN2O2/c1-3-10(12(16)17)15(2)11-6-4-5-9(13)8(11)7-14/h4-6,10H,3H2,1-2H3,(H,16,17). The molecule has 0 fully saturated rings. The van der Waals surface area contributed by atoms with Gasteiger partial charge in [0, 0.05) is 11.5 Å². The van der Waals surface area contributed by atoms with E-state index in [9.17, 15) is 4.79 Å². The molecular formula is C12H13BrN2O2. The van der Waals surface area contributed by atoms with Gasteiger partial charge in [0.2, 0.25) is 0 Å². The van der Waals surface area contributed by atoms with Crippen LogP contribution in [0.1, 0.15) is 18.9 Å². The number of hydrogen-bond donors (Lipinski definition) is 1. The number of likely N-dealkylation sites (N-methyl/N-ethyl adjacent to an activating group) is 1. The van der Waals surface area contributed by atoms with Gasteiger partial charge < -0.3 is 10.0 Å². The zero-order valence-corrected chi connectivity index (χ0v) is 11.2.